The molecule has 2 heterocycles. The molecule has 1 N–H and O–H groups in total. The minimum absolute atomic E-state index is 0.370. The Kier molecular flexibility index (Phi) is 3.68. The van der Waals surface area contributed by atoms with Gasteiger partial charge < -0.3 is 14.5 Å². The Labute approximate surface area is 130 Å². The number of hydrogen-bond acceptors (Lipinski definition) is 6. The van der Waals surface area contributed by atoms with Crippen LogP contribution in [0.25, 0.3) is 21.6 Å². The maximum absolute atomic E-state index is 11.3. The summed E-state index contributed by atoms with van der Waals surface area (Å²) in [5, 5.41) is 5.65. The molecule has 1 aromatic carbocycles. The molecule has 0 unspecified atom stereocenters. The minimum atomic E-state index is -0.410. The van der Waals surface area contributed by atoms with Crippen molar-refractivity contribution in [3.8, 4) is 16.4 Å². The molecule has 22 heavy (non-hydrogen) atoms. The SMILES string of the molecule is CNc1csc(-c2cc3cccc(OC(C)=O)c3o2)c1C=O. The van der Waals surface area contributed by atoms with Crippen molar-refractivity contribution in [2.45, 2.75) is 6.92 Å². The van der Waals surface area contributed by atoms with Gasteiger partial charge >= 0.3 is 5.97 Å². The Morgan fingerprint density at radius 2 is 2.23 bits per heavy atom. The molecule has 0 aliphatic heterocycles. The molecule has 0 atom stereocenters. The van der Waals surface area contributed by atoms with Crippen molar-refractivity contribution in [2.24, 2.45) is 0 Å². The third-order valence-electron chi connectivity index (χ3n) is 3.20. The van der Waals surface area contributed by atoms with Gasteiger partial charge in [0.2, 0.25) is 0 Å². The normalized spacial score (nSPS) is 10.6. The van der Waals surface area contributed by atoms with Crippen molar-refractivity contribution in [3.63, 3.8) is 0 Å². The molecule has 3 rings (SSSR count). The van der Waals surface area contributed by atoms with Crippen LogP contribution in [0.1, 0.15) is 17.3 Å². The summed E-state index contributed by atoms with van der Waals surface area (Å²) in [6, 6.07) is 7.15. The van der Waals surface area contributed by atoms with Crippen LogP contribution in [0.15, 0.2) is 34.1 Å². The first kappa shape index (κ1) is 14.3. The highest BCUT2D eigenvalue weighted by atomic mass is 32.1. The van der Waals surface area contributed by atoms with E-state index in [0.717, 1.165) is 22.2 Å². The number of esters is 1. The van der Waals surface area contributed by atoms with E-state index in [9.17, 15) is 9.59 Å². The van der Waals surface area contributed by atoms with Crippen LogP contribution >= 0.6 is 11.3 Å². The standard InChI is InChI=1S/C16H13NO4S/c1-9(19)20-13-5-3-4-10-6-14(21-15(10)13)16-11(7-18)12(17-2)8-22-16/h3-8,17H,1-2H3. The zero-order chi connectivity index (χ0) is 15.7. The van der Waals surface area contributed by atoms with Crippen LogP contribution in [0, 0.1) is 0 Å². The first-order valence-electron chi connectivity index (χ1n) is 6.59. The first-order chi connectivity index (χ1) is 10.6. The van der Waals surface area contributed by atoms with Gasteiger partial charge in [-0.3, -0.25) is 9.59 Å². The van der Waals surface area contributed by atoms with Crippen LogP contribution in [0.3, 0.4) is 0 Å². The number of anilines is 1. The summed E-state index contributed by atoms with van der Waals surface area (Å²) in [5.41, 5.74) is 1.81. The number of ether oxygens (including phenoxy) is 1. The quantitative estimate of drug-likeness (QED) is 0.448. The number of para-hydroxylation sites is 1. The van der Waals surface area contributed by atoms with E-state index >= 15 is 0 Å². The summed E-state index contributed by atoms with van der Waals surface area (Å²) in [6.45, 7) is 1.34. The number of benzene rings is 1. The van der Waals surface area contributed by atoms with Gasteiger partial charge in [0.1, 0.15) is 5.76 Å². The number of carbonyl (C=O) groups is 2. The van der Waals surface area contributed by atoms with Gasteiger partial charge in [-0.05, 0) is 12.1 Å². The van der Waals surface area contributed by atoms with Gasteiger partial charge in [0.25, 0.3) is 0 Å². The summed E-state index contributed by atoms with van der Waals surface area (Å²) in [5.74, 6) is 0.533. The van der Waals surface area contributed by atoms with E-state index < -0.39 is 5.97 Å². The zero-order valence-electron chi connectivity index (χ0n) is 12.0. The van der Waals surface area contributed by atoms with E-state index in [1.165, 1.54) is 18.3 Å². The first-order valence-corrected chi connectivity index (χ1v) is 7.47. The molecular weight excluding hydrogens is 302 g/mol. The number of thiophene rings is 1. The summed E-state index contributed by atoms with van der Waals surface area (Å²) in [7, 11) is 1.76. The number of hydrogen-bond donors (Lipinski definition) is 1. The van der Waals surface area contributed by atoms with Gasteiger partial charge in [-0.2, -0.15) is 0 Å². The fraction of sp³-hybridized carbons (Fsp3) is 0.125. The van der Waals surface area contributed by atoms with E-state index in [1.807, 2.05) is 17.5 Å². The van der Waals surface area contributed by atoms with E-state index in [0.29, 0.717) is 22.7 Å². The van der Waals surface area contributed by atoms with Gasteiger partial charge in [0.05, 0.1) is 16.1 Å². The minimum Gasteiger partial charge on any atom is -0.451 e. The van der Waals surface area contributed by atoms with Crippen molar-refractivity contribution in [2.75, 3.05) is 12.4 Å². The van der Waals surface area contributed by atoms with Gasteiger partial charge in [0, 0.05) is 24.7 Å². The largest absolute Gasteiger partial charge is 0.451 e. The Balaban J connectivity index is 2.15. The summed E-state index contributed by atoms with van der Waals surface area (Å²) >= 11 is 1.42. The lowest BCUT2D eigenvalue weighted by Crippen LogP contribution is -2.01. The number of rotatable bonds is 4. The van der Waals surface area contributed by atoms with Crippen LogP contribution < -0.4 is 10.1 Å². The Morgan fingerprint density at radius 1 is 1.41 bits per heavy atom. The van der Waals surface area contributed by atoms with E-state index in [1.54, 1.807) is 19.2 Å². The lowest BCUT2D eigenvalue weighted by Gasteiger charge is -2.01. The highest BCUT2D eigenvalue weighted by molar-refractivity contribution is 7.14. The molecule has 0 spiro atoms. The van der Waals surface area contributed by atoms with E-state index in [4.69, 9.17) is 9.15 Å². The summed E-state index contributed by atoms with van der Waals surface area (Å²) in [4.78, 5) is 23.2. The molecule has 0 bridgehead atoms. The lowest BCUT2D eigenvalue weighted by molar-refractivity contribution is -0.131. The monoisotopic (exact) mass is 315 g/mol. The van der Waals surface area contributed by atoms with E-state index in [-0.39, 0.29) is 0 Å². The molecular formula is C16H13NO4S. The van der Waals surface area contributed by atoms with Gasteiger partial charge in [-0.15, -0.1) is 11.3 Å². The van der Waals surface area contributed by atoms with Crippen LogP contribution in [0.5, 0.6) is 5.75 Å². The average molecular weight is 315 g/mol. The van der Waals surface area contributed by atoms with Crippen molar-refractivity contribution in [1.82, 2.24) is 0 Å². The van der Waals surface area contributed by atoms with Crippen molar-refractivity contribution < 1.29 is 18.7 Å². The van der Waals surface area contributed by atoms with Crippen molar-refractivity contribution in [3.05, 3.63) is 35.2 Å². The Morgan fingerprint density at radius 3 is 2.91 bits per heavy atom. The Bertz CT molecular complexity index is 862. The number of aldehydes is 1. The fourth-order valence-electron chi connectivity index (χ4n) is 2.25. The second-order valence-electron chi connectivity index (χ2n) is 4.64. The van der Waals surface area contributed by atoms with E-state index in [2.05, 4.69) is 5.32 Å². The van der Waals surface area contributed by atoms with Crippen LogP contribution in [0.2, 0.25) is 0 Å². The molecule has 0 saturated carbocycles. The molecule has 2 aromatic heterocycles. The highest BCUT2D eigenvalue weighted by Gasteiger charge is 2.17. The molecule has 0 aliphatic carbocycles. The lowest BCUT2D eigenvalue weighted by atomic mass is 10.2. The van der Waals surface area contributed by atoms with Crippen LogP contribution in [0.4, 0.5) is 5.69 Å². The summed E-state index contributed by atoms with van der Waals surface area (Å²) in [6.07, 6.45) is 0.803. The number of furan rings is 1. The smallest absolute Gasteiger partial charge is 0.308 e. The predicted octanol–water partition coefficient (Wildman–Crippen LogP) is 3.94. The second kappa shape index (κ2) is 5.65. The predicted molar refractivity (Wildman–Crippen MR) is 85.8 cm³/mol. The topological polar surface area (TPSA) is 68.5 Å². The molecule has 0 amide bonds. The summed E-state index contributed by atoms with van der Waals surface area (Å²) < 4.78 is 11.0. The fourth-order valence-corrected chi connectivity index (χ4v) is 3.23. The highest BCUT2D eigenvalue weighted by Crippen LogP contribution is 2.39. The molecule has 6 heteroatoms. The maximum atomic E-state index is 11.3. The van der Waals surface area contributed by atoms with Crippen LogP contribution in [-0.4, -0.2) is 19.3 Å². The molecule has 5 nitrogen and oxygen atoms in total. The average Bonchev–Trinajstić information content (AvgIpc) is 3.09. The van der Waals surface area contributed by atoms with Gasteiger partial charge in [-0.25, -0.2) is 0 Å². The zero-order valence-corrected chi connectivity index (χ0v) is 12.8. The third-order valence-corrected chi connectivity index (χ3v) is 4.21. The molecule has 0 fully saturated rings. The Hall–Kier alpha value is -2.60. The second-order valence-corrected chi connectivity index (χ2v) is 5.52. The molecule has 112 valence electrons. The molecule has 0 saturated heterocycles. The van der Waals surface area contributed by atoms with Gasteiger partial charge in [-0.1, -0.05) is 12.1 Å². The maximum Gasteiger partial charge on any atom is 0.308 e. The van der Waals surface area contributed by atoms with Crippen molar-refractivity contribution in [1.29, 1.82) is 0 Å². The van der Waals surface area contributed by atoms with Crippen LogP contribution in [-0.2, 0) is 4.79 Å². The third kappa shape index (κ3) is 2.37. The molecule has 3 aromatic rings. The number of carbonyl (C=O) groups excluding carboxylic acids is 2. The molecule has 0 radical (unpaired) electrons. The van der Waals surface area contributed by atoms with Crippen molar-refractivity contribution >= 4 is 40.2 Å². The van der Waals surface area contributed by atoms with Gasteiger partial charge in [0.15, 0.2) is 17.6 Å². The number of fused-ring (bicyclic) bond motifs is 1. The molecule has 0 aliphatic rings. The number of nitrogens with one attached hydrogen (secondary N) is 1.